The fourth-order valence-corrected chi connectivity index (χ4v) is 4.39. The zero-order valence-corrected chi connectivity index (χ0v) is 17.0. The summed E-state index contributed by atoms with van der Waals surface area (Å²) in [6.45, 7) is 6.37. The van der Waals surface area contributed by atoms with Gasteiger partial charge in [-0.3, -0.25) is 4.79 Å². The number of rotatable bonds is 3. The highest BCUT2D eigenvalue weighted by molar-refractivity contribution is 5.97. The van der Waals surface area contributed by atoms with Crippen LogP contribution in [0.1, 0.15) is 46.3 Å². The van der Waals surface area contributed by atoms with Crippen LogP contribution in [-0.2, 0) is 13.0 Å². The first-order chi connectivity index (χ1) is 13.6. The van der Waals surface area contributed by atoms with Crippen LogP contribution in [0.15, 0.2) is 18.2 Å². The third-order valence-electron chi connectivity index (χ3n) is 6.00. The van der Waals surface area contributed by atoms with Crippen LogP contribution in [0.3, 0.4) is 0 Å². The average Bonchev–Trinajstić information content (AvgIpc) is 3.03. The van der Waals surface area contributed by atoms with Crippen molar-refractivity contribution >= 4 is 5.91 Å². The number of likely N-dealkylation sites (N-methyl/N-ethyl adjacent to an activating group) is 1. The Morgan fingerprint density at radius 1 is 1.18 bits per heavy atom. The van der Waals surface area contributed by atoms with E-state index in [1.165, 1.54) is 0 Å². The zero-order valence-electron chi connectivity index (χ0n) is 17.0. The van der Waals surface area contributed by atoms with Gasteiger partial charge in [-0.25, -0.2) is 0 Å². The summed E-state index contributed by atoms with van der Waals surface area (Å²) in [5.74, 6) is 3.06. The fraction of sp³-hybridized carbons (Fsp3) is 0.571. The van der Waals surface area contributed by atoms with E-state index in [1.54, 1.807) is 7.11 Å². The lowest BCUT2D eigenvalue weighted by Crippen LogP contribution is -2.40. The number of aromatic nitrogens is 3. The molecule has 1 aromatic carbocycles. The van der Waals surface area contributed by atoms with Gasteiger partial charge >= 0.3 is 0 Å². The molecule has 0 bridgehead atoms. The Kier molecular flexibility index (Phi) is 5.35. The van der Waals surface area contributed by atoms with Crippen LogP contribution in [0.25, 0.3) is 0 Å². The first-order valence-electron chi connectivity index (χ1n) is 10.1. The van der Waals surface area contributed by atoms with Gasteiger partial charge in [0.05, 0.1) is 12.7 Å². The van der Waals surface area contributed by atoms with Gasteiger partial charge in [0, 0.05) is 45.1 Å². The fourth-order valence-electron chi connectivity index (χ4n) is 4.39. The van der Waals surface area contributed by atoms with Crippen molar-refractivity contribution in [2.24, 2.45) is 0 Å². The van der Waals surface area contributed by atoms with Crippen LogP contribution in [0.4, 0.5) is 0 Å². The summed E-state index contributed by atoms with van der Waals surface area (Å²) >= 11 is 0. The summed E-state index contributed by atoms with van der Waals surface area (Å²) in [4.78, 5) is 17.5. The number of fused-ring (bicyclic) bond motifs is 1. The molecule has 150 valence electrons. The molecule has 0 radical (unpaired) electrons. The number of piperidine rings is 1. The Bertz CT molecular complexity index is 862. The van der Waals surface area contributed by atoms with Crippen molar-refractivity contribution in [3.05, 3.63) is 41.0 Å². The number of benzene rings is 1. The van der Waals surface area contributed by atoms with Crippen molar-refractivity contribution in [1.82, 2.24) is 24.6 Å². The molecule has 3 heterocycles. The van der Waals surface area contributed by atoms with Crippen molar-refractivity contribution in [3.63, 3.8) is 0 Å². The molecule has 0 N–H and O–H groups in total. The van der Waals surface area contributed by atoms with E-state index >= 15 is 0 Å². The van der Waals surface area contributed by atoms with E-state index in [0.29, 0.717) is 17.9 Å². The number of ether oxygens (including phenoxy) is 1. The van der Waals surface area contributed by atoms with Crippen molar-refractivity contribution in [1.29, 1.82) is 0 Å². The summed E-state index contributed by atoms with van der Waals surface area (Å²) in [5.41, 5.74) is 1.62. The average molecular weight is 383 g/mol. The van der Waals surface area contributed by atoms with Crippen molar-refractivity contribution in [2.75, 3.05) is 40.3 Å². The Morgan fingerprint density at radius 3 is 2.86 bits per heavy atom. The molecule has 1 unspecified atom stereocenters. The Labute approximate surface area is 166 Å². The van der Waals surface area contributed by atoms with Crippen LogP contribution >= 0.6 is 0 Å². The highest BCUT2D eigenvalue weighted by atomic mass is 16.5. The molecule has 0 saturated carbocycles. The SMILES string of the molecule is COc1c(C)cccc1C(=O)N1CCCC(c2nnc3n2CCN(C)CC3)C1. The minimum atomic E-state index is 0.0422. The highest BCUT2D eigenvalue weighted by Gasteiger charge is 2.31. The number of para-hydroxylation sites is 1. The van der Waals surface area contributed by atoms with Crippen molar-refractivity contribution < 1.29 is 9.53 Å². The minimum absolute atomic E-state index is 0.0422. The second-order valence-corrected chi connectivity index (χ2v) is 7.93. The number of hydrogen-bond donors (Lipinski definition) is 0. The molecule has 1 saturated heterocycles. The number of carbonyl (C=O) groups excluding carboxylic acids is 1. The van der Waals surface area contributed by atoms with E-state index in [1.807, 2.05) is 30.0 Å². The maximum Gasteiger partial charge on any atom is 0.257 e. The molecule has 2 aliphatic heterocycles. The van der Waals surface area contributed by atoms with Gasteiger partial charge in [0.1, 0.15) is 17.4 Å². The molecule has 2 aromatic rings. The lowest BCUT2D eigenvalue weighted by molar-refractivity contribution is 0.0699. The lowest BCUT2D eigenvalue weighted by atomic mass is 9.96. The van der Waals surface area contributed by atoms with Gasteiger partial charge in [-0.15, -0.1) is 10.2 Å². The van der Waals surface area contributed by atoms with Crippen LogP contribution in [0.2, 0.25) is 0 Å². The smallest absolute Gasteiger partial charge is 0.257 e. The molecule has 0 spiro atoms. The summed E-state index contributed by atoms with van der Waals surface area (Å²) < 4.78 is 7.79. The van der Waals surface area contributed by atoms with Crippen molar-refractivity contribution in [3.8, 4) is 5.75 Å². The molecule has 7 nitrogen and oxygen atoms in total. The van der Waals surface area contributed by atoms with E-state index in [2.05, 4.69) is 26.7 Å². The molecular weight excluding hydrogens is 354 g/mol. The number of methoxy groups -OCH3 is 1. The summed E-state index contributed by atoms with van der Waals surface area (Å²) in [5, 5.41) is 8.99. The number of likely N-dealkylation sites (tertiary alicyclic amines) is 1. The third-order valence-corrected chi connectivity index (χ3v) is 6.00. The number of aryl methyl sites for hydroxylation is 1. The molecule has 28 heavy (non-hydrogen) atoms. The normalized spacial score (nSPS) is 20.5. The first-order valence-corrected chi connectivity index (χ1v) is 10.1. The predicted octanol–water partition coefficient (Wildman–Crippen LogP) is 2.10. The maximum absolute atomic E-state index is 13.2. The van der Waals surface area contributed by atoms with Crippen molar-refractivity contribution in [2.45, 2.75) is 38.6 Å². The van der Waals surface area contributed by atoms with E-state index in [0.717, 1.165) is 62.7 Å². The largest absolute Gasteiger partial charge is 0.496 e. The standard InChI is InChI=1S/C21H29N5O2/c1-15-6-4-8-17(19(15)28-3)21(27)25-10-5-7-16(14-25)20-23-22-18-9-11-24(2)12-13-26(18)20/h4,6,8,16H,5,7,9-14H2,1-3H3. The molecule has 1 fully saturated rings. The zero-order chi connectivity index (χ0) is 19.7. The predicted molar refractivity (Wildman–Crippen MR) is 107 cm³/mol. The van der Waals surface area contributed by atoms with Crippen LogP contribution in [0, 0.1) is 6.92 Å². The molecule has 7 heteroatoms. The van der Waals surface area contributed by atoms with Gasteiger partial charge in [-0.05, 0) is 38.4 Å². The molecule has 1 amide bonds. The van der Waals surface area contributed by atoms with Gasteiger partial charge in [0.2, 0.25) is 0 Å². The Morgan fingerprint density at radius 2 is 2.04 bits per heavy atom. The van der Waals surface area contributed by atoms with Gasteiger partial charge in [0.15, 0.2) is 0 Å². The summed E-state index contributed by atoms with van der Waals surface area (Å²) in [7, 11) is 3.77. The number of carbonyl (C=O) groups is 1. The second-order valence-electron chi connectivity index (χ2n) is 7.93. The monoisotopic (exact) mass is 383 g/mol. The van der Waals surface area contributed by atoms with E-state index in [9.17, 15) is 4.79 Å². The minimum Gasteiger partial charge on any atom is -0.496 e. The number of amides is 1. The topological polar surface area (TPSA) is 63.5 Å². The van der Waals surface area contributed by atoms with Gasteiger partial charge in [-0.1, -0.05) is 12.1 Å². The molecule has 1 atom stereocenters. The Hall–Kier alpha value is -2.41. The van der Waals surface area contributed by atoms with Crippen LogP contribution < -0.4 is 4.74 Å². The number of hydrogen-bond acceptors (Lipinski definition) is 5. The highest BCUT2D eigenvalue weighted by Crippen LogP contribution is 2.30. The van der Waals surface area contributed by atoms with Gasteiger partial charge < -0.3 is 19.1 Å². The molecule has 0 aliphatic carbocycles. The summed E-state index contributed by atoms with van der Waals surface area (Å²) in [6.07, 6.45) is 2.95. The van der Waals surface area contributed by atoms with E-state index < -0.39 is 0 Å². The molecule has 1 aromatic heterocycles. The van der Waals surface area contributed by atoms with E-state index in [-0.39, 0.29) is 11.8 Å². The quantitative estimate of drug-likeness (QED) is 0.812. The molecular formula is C21H29N5O2. The molecule has 4 rings (SSSR count). The van der Waals surface area contributed by atoms with E-state index in [4.69, 9.17) is 4.74 Å². The number of nitrogens with zero attached hydrogens (tertiary/aromatic N) is 5. The summed E-state index contributed by atoms with van der Waals surface area (Å²) in [6, 6.07) is 5.75. The third kappa shape index (κ3) is 3.51. The van der Waals surface area contributed by atoms with Crippen LogP contribution in [0.5, 0.6) is 5.75 Å². The Balaban J connectivity index is 1.55. The van der Waals surface area contributed by atoms with Gasteiger partial charge in [0.25, 0.3) is 5.91 Å². The maximum atomic E-state index is 13.2. The first kappa shape index (κ1) is 18.9. The lowest BCUT2D eigenvalue weighted by Gasteiger charge is -2.33. The van der Waals surface area contributed by atoms with Crippen LogP contribution in [-0.4, -0.2) is 70.8 Å². The molecule has 2 aliphatic rings. The van der Waals surface area contributed by atoms with Gasteiger partial charge in [-0.2, -0.15) is 0 Å². The second kappa shape index (κ2) is 7.91.